The van der Waals surface area contributed by atoms with Crippen LogP contribution in [0.3, 0.4) is 0 Å². The number of carbonyl (C=O) groups excluding carboxylic acids is 1. The molecule has 0 saturated carbocycles. The highest BCUT2D eigenvalue weighted by atomic mass is 16.5. The second kappa shape index (κ2) is 5.83. The second-order valence-electron chi connectivity index (χ2n) is 4.96. The lowest BCUT2D eigenvalue weighted by Gasteiger charge is -2.17. The minimum atomic E-state index is 0.0758. The van der Waals surface area contributed by atoms with Gasteiger partial charge in [-0.25, -0.2) is 4.98 Å². The summed E-state index contributed by atoms with van der Waals surface area (Å²) in [7, 11) is 1.84. The zero-order valence-electron chi connectivity index (χ0n) is 11.8. The largest absolute Gasteiger partial charge is 0.489 e. The van der Waals surface area contributed by atoms with Crippen LogP contribution in [0.4, 0.5) is 11.5 Å². The van der Waals surface area contributed by atoms with Gasteiger partial charge in [0.15, 0.2) is 0 Å². The van der Waals surface area contributed by atoms with Crippen molar-refractivity contribution >= 4 is 17.4 Å². The van der Waals surface area contributed by atoms with Crippen molar-refractivity contribution in [1.82, 2.24) is 4.98 Å². The van der Waals surface area contributed by atoms with E-state index in [4.69, 9.17) is 4.74 Å². The van der Waals surface area contributed by atoms with Gasteiger partial charge < -0.3 is 15.4 Å². The maximum absolute atomic E-state index is 11.3. The van der Waals surface area contributed by atoms with Crippen LogP contribution < -0.4 is 15.4 Å². The number of anilines is 2. The van der Waals surface area contributed by atoms with Gasteiger partial charge in [0.1, 0.15) is 18.2 Å². The highest BCUT2D eigenvalue weighted by molar-refractivity contribution is 5.93. The molecule has 0 saturated heterocycles. The summed E-state index contributed by atoms with van der Waals surface area (Å²) in [6.07, 6.45) is 3.09. The predicted molar refractivity (Wildman–Crippen MR) is 81.5 cm³/mol. The molecule has 108 valence electrons. The molecule has 5 nitrogen and oxygen atoms in total. The van der Waals surface area contributed by atoms with Crippen molar-refractivity contribution in [3.05, 3.63) is 47.7 Å². The van der Waals surface area contributed by atoms with E-state index in [1.165, 1.54) is 0 Å². The summed E-state index contributed by atoms with van der Waals surface area (Å²) in [6, 6.07) is 9.66. The van der Waals surface area contributed by atoms with Crippen LogP contribution in [-0.4, -0.2) is 17.9 Å². The molecule has 0 spiro atoms. The monoisotopic (exact) mass is 283 g/mol. The van der Waals surface area contributed by atoms with Crippen LogP contribution >= 0.6 is 0 Å². The number of fused-ring (bicyclic) bond motifs is 1. The van der Waals surface area contributed by atoms with Gasteiger partial charge in [0.25, 0.3) is 0 Å². The number of aromatic nitrogens is 1. The van der Waals surface area contributed by atoms with Crippen molar-refractivity contribution in [2.75, 3.05) is 17.7 Å². The average molecular weight is 283 g/mol. The van der Waals surface area contributed by atoms with E-state index in [0.29, 0.717) is 13.0 Å². The lowest BCUT2D eigenvalue weighted by Crippen LogP contribution is -2.18. The standard InChI is InChI=1S/C16H17N3O2/c1-17-15-6-2-11(9-18-15)10-21-13-4-5-14-12(8-13)3-7-16(20)19-14/h2,4-6,8-9H,3,7,10H2,1H3,(H,17,18)(H,19,20). The van der Waals surface area contributed by atoms with Crippen LogP contribution in [0, 0.1) is 0 Å². The van der Waals surface area contributed by atoms with Crippen LogP contribution in [-0.2, 0) is 17.8 Å². The number of pyridine rings is 1. The third-order valence-electron chi connectivity index (χ3n) is 3.46. The smallest absolute Gasteiger partial charge is 0.224 e. The Hall–Kier alpha value is -2.56. The lowest BCUT2D eigenvalue weighted by atomic mass is 10.0. The first-order valence-electron chi connectivity index (χ1n) is 6.93. The van der Waals surface area contributed by atoms with E-state index in [0.717, 1.165) is 34.8 Å². The van der Waals surface area contributed by atoms with Gasteiger partial charge in [-0.15, -0.1) is 0 Å². The van der Waals surface area contributed by atoms with Crippen LogP contribution in [0.2, 0.25) is 0 Å². The number of rotatable bonds is 4. The number of amides is 1. The van der Waals surface area contributed by atoms with E-state index in [9.17, 15) is 4.79 Å². The fourth-order valence-electron chi connectivity index (χ4n) is 2.27. The molecule has 1 aromatic heterocycles. The van der Waals surface area contributed by atoms with Gasteiger partial charge in [-0.3, -0.25) is 4.79 Å². The zero-order valence-corrected chi connectivity index (χ0v) is 11.8. The molecule has 3 rings (SSSR count). The minimum Gasteiger partial charge on any atom is -0.489 e. The quantitative estimate of drug-likeness (QED) is 0.905. The Balaban J connectivity index is 1.66. The van der Waals surface area contributed by atoms with Crippen molar-refractivity contribution in [1.29, 1.82) is 0 Å². The van der Waals surface area contributed by atoms with E-state index in [1.807, 2.05) is 37.4 Å². The highest BCUT2D eigenvalue weighted by Crippen LogP contribution is 2.27. The number of hydrogen-bond acceptors (Lipinski definition) is 4. The number of nitrogens with zero attached hydrogens (tertiary/aromatic N) is 1. The number of hydrogen-bond donors (Lipinski definition) is 2. The third-order valence-corrected chi connectivity index (χ3v) is 3.46. The molecule has 0 radical (unpaired) electrons. The van der Waals surface area contributed by atoms with E-state index in [1.54, 1.807) is 6.20 Å². The highest BCUT2D eigenvalue weighted by Gasteiger charge is 2.14. The van der Waals surface area contributed by atoms with E-state index < -0.39 is 0 Å². The Morgan fingerprint density at radius 3 is 2.95 bits per heavy atom. The summed E-state index contributed by atoms with van der Waals surface area (Å²) in [6.45, 7) is 0.474. The Morgan fingerprint density at radius 2 is 2.19 bits per heavy atom. The maximum atomic E-state index is 11.3. The first-order valence-corrected chi connectivity index (χ1v) is 6.93. The Kier molecular flexibility index (Phi) is 3.73. The zero-order chi connectivity index (χ0) is 14.7. The topological polar surface area (TPSA) is 63.2 Å². The SMILES string of the molecule is CNc1ccc(COc2ccc3c(c2)CCC(=O)N3)cn1. The molecule has 0 bridgehead atoms. The molecule has 5 heteroatoms. The number of carbonyl (C=O) groups is 1. The average Bonchev–Trinajstić information content (AvgIpc) is 2.53. The fraction of sp³-hybridized carbons (Fsp3) is 0.250. The molecule has 21 heavy (non-hydrogen) atoms. The number of ether oxygens (including phenoxy) is 1. The van der Waals surface area contributed by atoms with Gasteiger partial charge in [0.2, 0.25) is 5.91 Å². The summed E-state index contributed by atoms with van der Waals surface area (Å²) < 4.78 is 5.79. The number of aryl methyl sites for hydroxylation is 1. The maximum Gasteiger partial charge on any atom is 0.224 e. The summed E-state index contributed by atoms with van der Waals surface area (Å²) in [5, 5.41) is 5.84. The summed E-state index contributed by atoms with van der Waals surface area (Å²) in [4.78, 5) is 15.6. The van der Waals surface area contributed by atoms with Gasteiger partial charge in [0.05, 0.1) is 0 Å². The Morgan fingerprint density at radius 1 is 1.29 bits per heavy atom. The van der Waals surface area contributed by atoms with Crippen LogP contribution in [0.15, 0.2) is 36.5 Å². The van der Waals surface area contributed by atoms with Crippen molar-refractivity contribution in [2.24, 2.45) is 0 Å². The van der Waals surface area contributed by atoms with Crippen molar-refractivity contribution in [3.63, 3.8) is 0 Å². The molecular weight excluding hydrogens is 266 g/mol. The molecule has 2 aromatic rings. The van der Waals surface area contributed by atoms with Crippen molar-refractivity contribution in [3.8, 4) is 5.75 Å². The van der Waals surface area contributed by atoms with Gasteiger partial charge in [0, 0.05) is 30.9 Å². The van der Waals surface area contributed by atoms with Gasteiger partial charge in [-0.05, 0) is 36.2 Å². The van der Waals surface area contributed by atoms with Crippen LogP contribution in [0.1, 0.15) is 17.5 Å². The lowest BCUT2D eigenvalue weighted by molar-refractivity contribution is -0.116. The van der Waals surface area contributed by atoms with Crippen LogP contribution in [0.25, 0.3) is 0 Å². The molecule has 1 aliphatic rings. The van der Waals surface area contributed by atoms with Crippen molar-refractivity contribution < 1.29 is 9.53 Å². The first kappa shape index (κ1) is 13.4. The van der Waals surface area contributed by atoms with Gasteiger partial charge in [-0.2, -0.15) is 0 Å². The molecular formula is C16H17N3O2. The molecule has 1 aliphatic heterocycles. The normalized spacial score (nSPS) is 13.3. The Bertz CT molecular complexity index is 653. The van der Waals surface area contributed by atoms with Gasteiger partial charge in [-0.1, -0.05) is 6.07 Å². The molecule has 0 atom stereocenters. The molecule has 2 N–H and O–H groups in total. The second-order valence-corrected chi connectivity index (χ2v) is 4.96. The summed E-state index contributed by atoms with van der Waals surface area (Å²) in [5.74, 6) is 1.72. The van der Waals surface area contributed by atoms with E-state index in [2.05, 4.69) is 15.6 Å². The van der Waals surface area contributed by atoms with E-state index in [-0.39, 0.29) is 5.91 Å². The molecule has 0 fully saturated rings. The van der Waals surface area contributed by atoms with E-state index >= 15 is 0 Å². The van der Waals surface area contributed by atoms with Crippen molar-refractivity contribution in [2.45, 2.75) is 19.4 Å². The number of nitrogens with one attached hydrogen (secondary N) is 2. The summed E-state index contributed by atoms with van der Waals surface area (Å²) >= 11 is 0. The molecule has 2 heterocycles. The summed E-state index contributed by atoms with van der Waals surface area (Å²) in [5.41, 5.74) is 3.02. The Labute approximate surface area is 123 Å². The van der Waals surface area contributed by atoms with Gasteiger partial charge >= 0.3 is 0 Å². The predicted octanol–water partition coefficient (Wildman–Crippen LogP) is 2.59. The fourth-order valence-corrected chi connectivity index (χ4v) is 2.27. The molecule has 0 unspecified atom stereocenters. The molecule has 0 aliphatic carbocycles. The molecule has 1 amide bonds. The third kappa shape index (κ3) is 3.13. The first-order chi connectivity index (χ1) is 10.2. The number of benzene rings is 1. The molecule has 1 aromatic carbocycles. The van der Waals surface area contributed by atoms with Crippen LogP contribution in [0.5, 0.6) is 5.75 Å². The minimum absolute atomic E-state index is 0.0758.